The van der Waals surface area contributed by atoms with Crippen molar-refractivity contribution in [1.82, 2.24) is 0 Å². The van der Waals surface area contributed by atoms with Crippen molar-refractivity contribution in [1.29, 1.82) is 0 Å². The topological polar surface area (TPSA) is 49.7 Å². The molecular formula is C11H24O3. The molecule has 0 atom stereocenters. The van der Waals surface area contributed by atoms with E-state index in [0.29, 0.717) is 0 Å². The fraction of sp³-hybridized carbons (Fsp3) is 1.00. The molecule has 0 unspecified atom stereocenters. The van der Waals surface area contributed by atoms with E-state index in [1.165, 1.54) is 0 Å². The Kier molecular flexibility index (Phi) is 5.64. The van der Waals surface area contributed by atoms with Gasteiger partial charge in [-0.3, -0.25) is 0 Å². The van der Waals surface area contributed by atoms with E-state index in [1.807, 2.05) is 20.8 Å². The van der Waals surface area contributed by atoms with E-state index in [4.69, 9.17) is 4.74 Å². The first-order valence-electron chi connectivity index (χ1n) is 5.22. The number of rotatable bonds is 7. The van der Waals surface area contributed by atoms with Gasteiger partial charge in [0, 0.05) is 12.5 Å². The smallest absolute Gasteiger partial charge is 0.0623 e. The van der Waals surface area contributed by atoms with Crippen LogP contribution in [0.5, 0.6) is 0 Å². The maximum atomic E-state index is 9.25. The van der Waals surface area contributed by atoms with E-state index >= 15 is 0 Å². The minimum Gasteiger partial charge on any atom is -0.396 e. The van der Waals surface area contributed by atoms with Crippen molar-refractivity contribution in [2.45, 2.75) is 45.6 Å². The minimum absolute atomic E-state index is 0.0415. The normalized spacial score (nSPS) is 13.3. The van der Waals surface area contributed by atoms with Gasteiger partial charge < -0.3 is 14.9 Å². The third kappa shape index (κ3) is 3.95. The molecule has 0 aliphatic carbocycles. The standard InChI is InChI=1S/C11H24O3/c1-5-11(8-12,9-13)7-6-10(2,3)14-4/h12-13H,5-9H2,1-4H3. The van der Waals surface area contributed by atoms with E-state index in [2.05, 4.69) is 0 Å². The Morgan fingerprint density at radius 3 is 1.86 bits per heavy atom. The Bertz CT molecular complexity index is 142. The van der Waals surface area contributed by atoms with Crippen molar-refractivity contribution >= 4 is 0 Å². The van der Waals surface area contributed by atoms with Crippen molar-refractivity contribution in [3.8, 4) is 0 Å². The summed E-state index contributed by atoms with van der Waals surface area (Å²) in [4.78, 5) is 0. The highest BCUT2D eigenvalue weighted by Crippen LogP contribution is 2.30. The Hall–Kier alpha value is -0.120. The lowest BCUT2D eigenvalue weighted by Gasteiger charge is -2.32. The summed E-state index contributed by atoms with van der Waals surface area (Å²) in [6.45, 7) is 6.11. The highest BCUT2D eigenvalue weighted by molar-refractivity contribution is 4.80. The maximum absolute atomic E-state index is 9.25. The number of aliphatic hydroxyl groups excluding tert-OH is 2. The molecule has 0 aliphatic rings. The molecule has 0 aliphatic heterocycles. The quantitative estimate of drug-likeness (QED) is 0.662. The summed E-state index contributed by atoms with van der Waals surface area (Å²) in [6.07, 6.45) is 2.43. The van der Waals surface area contributed by atoms with Crippen LogP contribution < -0.4 is 0 Å². The van der Waals surface area contributed by atoms with Gasteiger partial charge in [0.2, 0.25) is 0 Å². The van der Waals surface area contributed by atoms with E-state index in [1.54, 1.807) is 7.11 Å². The monoisotopic (exact) mass is 204 g/mol. The lowest BCUT2D eigenvalue weighted by Crippen LogP contribution is -2.33. The third-order valence-electron chi connectivity index (χ3n) is 3.23. The Morgan fingerprint density at radius 2 is 1.57 bits per heavy atom. The molecule has 0 aromatic heterocycles. The molecule has 0 amide bonds. The fourth-order valence-corrected chi connectivity index (χ4v) is 1.28. The zero-order chi connectivity index (χ0) is 11.2. The largest absolute Gasteiger partial charge is 0.396 e. The molecule has 0 fully saturated rings. The predicted molar refractivity (Wildman–Crippen MR) is 57.2 cm³/mol. The molecule has 0 bridgehead atoms. The number of ether oxygens (including phenoxy) is 1. The van der Waals surface area contributed by atoms with Crippen molar-refractivity contribution in [3.05, 3.63) is 0 Å². The Morgan fingerprint density at radius 1 is 1.07 bits per heavy atom. The van der Waals surface area contributed by atoms with Crippen molar-refractivity contribution < 1.29 is 14.9 Å². The SMILES string of the molecule is CCC(CO)(CO)CCC(C)(C)OC. The van der Waals surface area contributed by atoms with Crippen LogP contribution in [0.4, 0.5) is 0 Å². The number of hydrogen-bond acceptors (Lipinski definition) is 3. The number of methoxy groups -OCH3 is 1. The molecule has 3 nitrogen and oxygen atoms in total. The van der Waals surface area contributed by atoms with Crippen molar-refractivity contribution in [2.24, 2.45) is 5.41 Å². The molecule has 0 spiro atoms. The highest BCUT2D eigenvalue weighted by atomic mass is 16.5. The summed E-state index contributed by atoms with van der Waals surface area (Å²) < 4.78 is 5.30. The van der Waals surface area contributed by atoms with Crippen molar-refractivity contribution in [3.63, 3.8) is 0 Å². The summed E-state index contributed by atoms with van der Waals surface area (Å²) in [5, 5.41) is 18.5. The van der Waals surface area contributed by atoms with Gasteiger partial charge in [0.25, 0.3) is 0 Å². The highest BCUT2D eigenvalue weighted by Gasteiger charge is 2.29. The van der Waals surface area contributed by atoms with Gasteiger partial charge in [0.05, 0.1) is 18.8 Å². The molecule has 0 saturated carbocycles. The van der Waals surface area contributed by atoms with Gasteiger partial charge in [-0.05, 0) is 33.1 Å². The zero-order valence-electron chi connectivity index (χ0n) is 9.84. The summed E-state index contributed by atoms with van der Waals surface area (Å²) in [5.41, 5.74) is -0.513. The van der Waals surface area contributed by atoms with Gasteiger partial charge >= 0.3 is 0 Å². The molecule has 0 rings (SSSR count). The third-order valence-corrected chi connectivity index (χ3v) is 3.23. The van der Waals surface area contributed by atoms with E-state index in [9.17, 15) is 10.2 Å². The Balaban J connectivity index is 4.19. The van der Waals surface area contributed by atoms with Gasteiger partial charge in [0.1, 0.15) is 0 Å². The van der Waals surface area contributed by atoms with E-state index in [-0.39, 0.29) is 24.2 Å². The molecule has 2 N–H and O–H groups in total. The summed E-state index contributed by atoms with van der Waals surface area (Å²) in [7, 11) is 1.69. The zero-order valence-corrected chi connectivity index (χ0v) is 9.84. The van der Waals surface area contributed by atoms with Crippen LogP contribution in [-0.2, 0) is 4.74 Å². The summed E-state index contributed by atoms with van der Waals surface area (Å²) >= 11 is 0. The average molecular weight is 204 g/mol. The molecule has 86 valence electrons. The first-order valence-corrected chi connectivity index (χ1v) is 5.22. The molecule has 0 saturated heterocycles. The lowest BCUT2D eigenvalue weighted by atomic mass is 9.79. The second-order valence-electron chi connectivity index (χ2n) is 4.63. The van der Waals surface area contributed by atoms with Crippen LogP contribution >= 0.6 is 0 Å². The first-order chi connectivity index (χ1) is 6.45. The van der Waals surface area contributed by atoms with Gasteiger partial charge in [-0.1, -0.05) is 6.92 Å². The molecule has 0 aromatic rings. The van der Waals surface area contributed by atoms with Gasteiger partial charge in [-0.2, -0.15) is 0 Å². The summed E-state index contributed by atoms with van der Waals surface area (Å²) in [6, 6.07) is 0. The van der Waals surface area contributed by atoms with E-state index in [0.717, 1.165) is 19.3 Å². The van der Waals surface area contributed by atoms with Crippen LogP contribution in [-0.4, -0.2) is 36.1 Å². The molecule has 14 heavy (non-hydrogen) atoms. The van der Waals surface area contributed by atoms with Crippen molar-refractivity contribution in [2.75, 3.05) is 20.3 Å². The number of aliphatic hydroxyl groups is 2. The van der Waals surface area contributed by atoms with Gasteiger partial charge in [-0.15, -0.1) is 0 Å². The molecular weight excluding hydrogens is 180 g/mol. The molecule has 3 heteroatoms. The predicted octanol–water partition coefficient (Wildman–Crippen LogP) is 1.57. The van der Waals surface area contributed by atoms with Crippen LogP contribution in [0.25, 0.3) is 0 Å². The van der Waals surface area contributed by atoms with E-state index < -0.39 is 0 Å². The first kappa shape index (κ1) is 13.9. The second kappa shape index (κ2) is 5.69. The molecule has 0 aromatic carbocycles. The summed E-state index contributed by atoms with van der Waals surface area (Å²) in [5.74, 6) is 0. The number of hydrogen-bond donors (Lipinski definition) is 2. The molecule has 0 radical (unpaired) electrons. The maximum Gasteiger partial charge on any atom is 0.0623 e. The molecule has 0 heterocycles. The van der Waals surface area contributed by atoms with Crippen LogP contribution in [0.15, 0.2) is 0 Å². The van der Waals surface area contributed by atoms with Crippen LogP contribution in [0.3, 0.4) is 0 Å². The average Bonchev–Trinajstić information content (AvgIpc) is 2.21. The van der Waals surface area contributed by atoms with Crippen LogP contribution in [0.1, 0.15) is 40.0 Å². The van der Waals surface area contributed by atoms with Gasteiger partial charge in [-0.25, -0.2) is 0 Å². The second-order valence-corrected chi connectivity index (χ2v) is 4.63. The Labute approximate surface area is 87.1 Å². The lowest BCUT2D eigenvalue weighted by molar-refractivity contribution is -0.0174. The van der Waals surface area contributed by atoms with Gasteiger partial charge in [0.15, 0.2) is 0 Å². The van der Waals surface area contributed by atoms with Crippen LogP contribution in [0, 0.1) is 5.41 Å². The minimum atomic E-state index is -0.337. The fourth-order valence-electron chi connectivity index (χ4n) is 1.28. The van der Waals surface area contributed by atoms with Crippen LogP contribution in [0.2, 0.25) is 0 Å².